The van der Waals surface area contributed by atoms with Crippen molar-refractivity contribution in [2.45, 2.75) is 72.9 Å². The Hall–Kier alpha value is -1.85. The molecule has 1 aromatic heterocycles. The van der Waals surface area contributed by atoms with E-state index >= 15 is 0 Å². The molecule has 6 nitrogen and oxygen atoms in total. The predicted octanol–water partition coefficient (Wildman–Crippen LogP) is 2.83. The van der Waals surface area contributed by atoms with E-state index in [1.165, 1.54) is 0 Å². The first-order valence-electron chi connectivity index (χ1n) is 9.05. The van der Waals surface area contributed by atoms with Crippen LogP contribution in [0.25, 0.3) is 0 Å². The summed E-state index contributed by atoms with van der Waals surface area (Å²) < 4.78 is 0. The predicted molar refractivity (Wildman–Crippen MR) is 103 cm³/mol. The Morgan fingerprint density at radius 2 is 1.92 bits per heavy atom. The molecule has 0 aromatic carbocycles. The summed E-state index contributed by atoms with van der Waals surface area (Å²) >= 11 is 0. The minimum absolute atomic E-state index is 0.0658. The Labute approximate surface area is 151 Å². The van der Waals surface area contributed by atoms with Crippen LogP contribution in [-0.2, 0) is 4.79 Å². The molecule has 0 saturated carbocycles. The summed E-state index contributed by atoms with van der Waals surface area (Å²) in [5.74, 6) is 1.54. The van der Waals surface area contributed by atoms with Crippen LogP contribution in [0.15, 0.2) is 0 Å². The number of carbonyl (C=O) groups is 1. The van der Waals surface area contributed by atoms with Crippen molar-refractivity contribution in [2.75, 3.05) is 17.2 Å². The molecule has 2 heterocycles. The Kier molecular flexibility index (Phi) is 5.04. The van der Waals surface area contributed by atoms with Gasteiger partial charge in [0.1, 0.15) is 5.82 Å². The smallest absolute Gasteiger partial charge is 0.225 e. The monoisotopic (exact) mass is 347 g/mol. The van der Waals surface area contributed by atoms with Crippen molar-refractivity contribution in [1.82, 2.24) is 15.3 Å². The van der Waals surface area contributed by atoms with Gasteiger partial charge in [-0.2, -0.15) is 4.98 Å². The molecule has 140 valence electrons. The molecule has 1 aromatic rings. The van der Waals surface area contributed by atoms with Gasteiger partial charge in [0.05, 0.1) is 5.92 Å². The zero-order valence-electron chi connectivity index (χ0n) is 16.9. The van der Waals surface area contributed by atoms with Gasteiger partial charge in [0.2, 0.25) is 11.9 Å². The molecular weight excluding hydrogens is 314 g/mol. The SMILES string of the molecule is Cc1nc(N)nc(N2CC(C(=O)NC(C)(C)C(C)C)CC2(C)C)c1C. The molecule has 1 unspecified atom stereocenters. The lowest BCUT2D eigenvalue weighted by Crippen LogP contribution is -2.49. The molecule has 2 rings (SSSR count). The van der Waals surface area contributed by atoms with Gasteiger partial charge in [-0.3, -0.25) is 4.79 Å². The molecule has 0 spiro atoms. The minimum Gasteiger partial charge on any atom is -0.368 e. The first-order chi connectivity index (χ1) is 11.3. The maximum atomic E-state index is 12.9. The molecule has 1 aliphatic heterocycles. The van der Waals surface area contributed by atoms with E-state index in [9.17, 15) is 4.79 Å². The van der Waals surface area contributed by atoms with Crippen LogP contribution in [-0.4, -0.2) is 33.5 Å². The molecule has 1 amide bonds. The Bertz CT molecular complexity index is 666. The average molecular weight is 348 g/mol. The second kappa shape index (κ2) is 6.46. The van der Waals surface area contributed by atoms with Crippen LogP contribution in [0.4, 0.5) is 11.8 Å². The highest BCUT2D eigenvalue weighted by Crippen LogP contribution is 2.38. The molecular formula is C19H33N5O. The summed E-state index contributed by atoms with van der Waals surface area (Å²) in [4.78, 5) is 23.8. The van der Waals surface area contributed by atoms with Crippen LogP contribution >= 0.6 is 0 Å². The van der Waals surface area contributed by atoms with Gasteiger partial charge in [-0.25, -0.2) is 4.98 Å². The maximum Gasteiger partial charge on any atom is 0.225 e. The third-order valence-corrected chi connectivity index (χ3v) is 5.78. The van der Waals surface area contributed by atoms with Crippen LogP contribution in [0.1, 0.15) is 59.2 Å². The molecule has 1 saturated heterocycles. The van der Waals surface area contributed by atoms with Crippen molar-refractivity contribution < 1.29 is 4.79 Å². The van der Waals surface area contributed by atoms with Gasteiger partial charge >= 0.3 is 0 Å². The first kappa shape index (κ1) is 19.5. The van der Waals surface area contributed by atoms with Crippen molar-refractivity contribution in [3.63, 3.8) is 0 Å². The molecule has 0 radical (unpaired) electrons. The first-order valence-corrected chi connectivity index (χ1v) is 9.05. The number of nitrogens with one attached hydrogen (secondary N) is 1. The fourth-order valence-corrected chi connectivity index (χ4v) is 3.26. The van der Waals surface area contributed by atoms with E-state index in [0.29, 0.717) is 12.5 Å². The number of rotatable bonds is 4. The lowest BCUT2D eigenvalue weighted by atomic mass is 9.89. The Morgan fingerprint density at radius 1 is 1.32 bits per heavy atom. The molecule has 6 heteroatoms. The van der Waals surface area contributed by atoms with Crippen molar-refractivity contribution in [3.05, 3.63) is 11.3 Å². The highest BCUT2D eigenvalue weighted by Gasteiger charge is 2.44. The minimum atomic E-state index is -0.222. The number of aryl methyl sites for hydroxylation is 1. The lowest BCUT2D eigenvalue weighted by molar-refractivity contribution is -0.126. The van der Waals surface area contributed by atoms with Crippen LogP contribution < -0.4 is 16.0 Å². The summed E-state index contributed by atoms with van der Waals surface area (Å²) in [6.45, 7) is 17.3. The van der Waals surface area contributed by atoms with E-state index in [2.05, 4.69) is 61.7 Å². The number of aromatic nitrogens is 2. The molecule has 1 fully saturated rings. The van der Waals surface area contributed by atoms with E-state index < -0.39 is 0 Å². The quantitative estimate of drug-likeness (QED) is 0.875. The summed E-state index contributed by atoms with van der Waals surface area (Å²) in [5, 5.41) is 3.22. The fraction of sp³-hybridized carbons (Fsp3) is 0.737. The number of hydrogen-bond acceptors (Lipinski definition) is 5. The molecule has 1 aliphatic rings. The number of carbonyl (C=O) groups excluding carboxylic acids is 1. The van der Waals surface area contributed by atoms with Crippen molar-refractivity contribution in [1.29, 1.82) is 0 Å². The zero-order valence-corrected chi connectivity index (χ0v) is 16.9. The number of anilines is 2. The van der Waals surface area contributed by atoms with E-state index in [1.807, 2.05) is 13.8 Å². The Morgan fingerprint density at radius 3 is 2.48 bits per heavy atom. The summed E-state index contributed by atoms with van der Waals surface area (Å²) in [6, 6.07) is 0. The number of hydrogen-bond donors (Lipinski definition) is 2. The molecule has 3 N–H and O–H groups in total. The third-order valence-electron chi connectivity index (χ3n) is 5.78. The van der Waals surface area contributed by atoms with Crippen molar-refractivity contribution in [3.8, 4) is 0 Å². The standard InChI is InChI=1S/C19H33N5O/c1-11(2)19(7,8)23-16(25)14-9-18(5,6)24(10-14)15-12(3)13(4)21-17(20)22-15/h11,14H,9-10H2,1-8H3,(H,23,25)(H2,20,21,22). The summed E-state index contributed by atoms with van der Waals surface area (Å²) in [7, 11) is 0. The van der Waals surface area contributed by atoms with Crippen molar-refractivity contribution >= 4 is 17.7 Å². The largest absolute Gasteiger partial charge is 0.368 e. The van der Waals surface area contributed by atoms with E-state index in [4.69, 9.17) is 5.73 Å². The van der Waals surface area contributed by atoms with Gasteiger partial charge in [-0.15, -0.1) is 0 Å². The van der Waals surface area contributed by atoms with Gasteiger partial charge in [0.15, 0.2) is 0 Å². The molecule has 0 aliphatic carbocycles. The lowest BCUT2D eigenvalue weighted by Gasteiger charge is -2.33. The number of nitrogens with two attached hydrogens (primary N) is 1. The van der Waals surface area contributed by atoms with Crippen molar-refractivity contribution in [2.24, 2.45) is 11.8 Å². The summed E-state index contributed by atoms with van der Waals surface area (Å²) in [6.07, 6.45) is 0.787. The van der Waals surface area contributed by atoms with Crippen LogP contribution in [0, 0.1) is 25.7 Å². The molecule has 25 heavy (non-hydrogen) atoms. The Balaban J connectivity index is 2.26. The second-order valence-electron chi connectivity index (χ2n) is 8.81. The zero-order chi connectivity index (χ0) is 19.2. The van der Waals surface area contributed by atoms with Gasteiger partial charge < -0.3 is 16.0 Å². The third kappa shape index (κ3) is 3.88. The van der Waals surface area contributed by atoms with Crippen LogP contribution in [0.5, 0.6) is 0 Å². The van der Waals surface area contributed by atoms with E-state index in [0.717, 1.165) is 23.5 Å². The van der Waals surface area contributed by atoms with Gasteiger partial charge in [-0.1, -0.05) is 13.8 Å². The normalized spacial score (nSPS) is 20.2. The molecule has 1 atom stereocenters. The van der Waals surface area contributed by atoms with Gasteiger partial charge in [0, 0.05) is 28.9 Å². The maximum absolute atomic E-state index is 12.9. The topological polar surface area (TPSA) is 84.1 Å². The van der Waals surface area contributed by atoms with Gasteiger partial charge in [-0.05, 0) is 53.9 Å². The number of amides is 1. The fourth-order valence-electron chi connectivity index (χ4n) is 3.26. The highest BCUT2D eigenvalue weighted by molar-refractivity contribution is 5.81. The highest BCUT2D eigenvalue weighted by atomic mass is 16.2. The summed E-state index contributed by atoms with van der Waals surface area (Å²) in [5.41, 5.74) is 7.38. The number of nitrogen functional groups attached to an aromatic ring is 1. The average Bonchev–Trinajstić information content (AvgIpc) is 2.78. The van der Waals surface area contributed by atoms with Crippen LogP contribution in [0.3, 0.4) is 0 Å². The van der Waals surface area contributed by atoms with Gasteiger partial charge in [0.25, 0.3) is 0 Å². The number of nitrogens with zero attached hydrogens (tertiary/aromatic N) is 3. The van der Waals surface area contributed by atoms with E-state index in [-0.39, 0.29) is 28.9 Å². The molecule has 0 bridgehead atoms. The van der Waals surface area contributed by atoms with Crippen LogP contribution in [0.2, 0.25) is 0 Å². The van der Waals surface area contributed by atoms with E-state index in [1.54, 1.807) is 0 Å². The second-order valence-corrected chi connectivity index (χ2v) is 8.81.